The van der Waals surface area contributed by atoms with Crippen molar-refractivity contribution in [3.8, 4) is 0 Å². The maximum atomic E-state index is 12.2. The highest BCUT2D eigenvalue weighted by molar-refractivity contribution is 5.31. The Kier molecular flexibility index (Phi) is 3.18. The number of hydrogen-bond donors (Lipinski definition) is 2. The second kappa shape index (κ2) is 4.64. The van der Waals surface area contributed by atoms with Gasteiger partial charge in [-0.05, 0) is 26.8 Å². The van der Waals surface area contributed by atoms with Crippen LogP contribution in [0, 0.1) is 0 Å². The lowest BCUT2D eigenvalue weighted by Gasteiger charge is -2.22. The van der Waals surface area contributed by atoms with Gasteiger partial charge >= 0.3 is 0 Å². The van der Waals surface area contributed by atoms with E-state index in [1.807, 2.05) is 26.8 Å². The van der Waals surface area contributed by atoms with E-state index >= 15 is 0 Å². The van der Waals surface area contributed by atoms with Gasteiger partial charge in [-0.2, -0.15) is 5.10 Å². The summed E-state index contributed by atoms with van der Waals surface area (Å²) in [5.41, 5.74) is 0.525. The second-order valence-corrected chi connectivity index (χ2v) is 5.06. The van der Waals surface area contributed by atoms with E-state index in [2.05, 4.69) is 20.5 Å². The van der Waals surface area contributed by atoms with E-state index < -0.39 is 0 Å². The normalized spacial score (nSPS) is 11.5. The Labute approximate surface area is 105 Å². The second-order valence-electron chi connectivity index (χ2n) is 5.06. The van der Waals surface area contributed by atoms with Gasteiger partial charge in [-0.3, -0.25) is 9.89 Å². The van der Waals surface area contributed by atoms with Crippen LogP contribution >= 0.6 is 0 Å². The third-order valence-electron chi connectivity index (χ3n) is 2.57. The van der Waals surface area contributed by atoms with E-state index in [-0.39, 0.29) is 11.1 Å². The smallest absolute Gasteiger partial charge is 0.293 e. The van der Waals surface area contributed by atoms with Gasteiger partial charge in [0.25, 0.3) is 5.56 Å². The first-order valence-electron chi connectivity index (χ1n) is 5.79. The van der Waals surface area contributed by atoms with Crippen molar-refractivity contribution in [2.45, 2.75) is 32.9 Å². The van der Waals surface area contributed by atoms with Crippen LogP contribution in [0.5, 0.6) is 0 Å². The summed E-state index contributed by atoms with van der Waals surface area (Å²) >= 11 is 0. The largest absolute Gasteiger partial charge is 0.360 e. The van der Waals surface area contributed by atoms with Crippen LogP contribution in [0.1, 0.15) is 26.5 Å². The molecule has 0 fully saturated rings. The van der Waals surface area contributed by atoms with Crippen molar-refractivity contribution < 1.29 is 0 Å². The third-order valence-corrected chi connectivity index (χ3v) is 2.57. The molecule has 0 aliphatic heterocycles. The van der Waals surface area contributed by atoms with E-state index in [1.165, 1.54) is 0 Å². The molecule has 2 aromatic heterocycles. The van der Waals surface area contributed by atoms with Gasteiger partial charge in [-0.1, -0.05) is 0 Å². The fourth-order valence-electron chi connectivity index (χ4n) is 1.62. The van der Waals surface area contributed by atoms with Crippen molar-refractivity contribution in [2.24, 2.45) is 0 Å². The average Bonchev–Trinajstić information content (AvgIpc) is 2.79. The molecule has 0 aliphatic carbocycles. The molecular weight excluding hydrogens is 230 g/mol. The molecule has 96 valence electrons. The summed E-state index contributed by atoms with van der Waals surface area (Å²) in [4.78, 5) is 16.3. The monoisotopic (exact) mass is 247 g/mol. The van der Waals surface area contributed by atoms with Crippen LogP contribution in [-0.2, 0) is 12.1 Å². The Morgan fingerprint density at radius 3 is 2.78 bits per heavy atom. The minimum atomic E-state index is -0.259. The van der Waals surface area contributed by atoms with Crippen molar-refractivity contribution in [1.82, 2.24) is 19.7 Å². The van der Waals surface area contributed by atoms with E-state index in [0.29, 0.717) is 12.4 Å². The van der Waals surface area contributed by atoms with Crippen molar-refractivity contribution in [1.29, 1.82) is 0 Å². The Morgan fingerprint density at radius 1 is 1.39 bits per heavy atom. The minimum Gasteiger partial charge on any atom is -0.360 e. The number of H-pyrrole nitrogens is 1. The zero-order valence-corrected chi connectivity index (χ0v) is 10.8. The molecule has 0 aromatic carbocycles. The molecule has 0 saturated carbocycles. The van der Waals surface area contributed by atoms with Crippen LogP contribution in [0.15, 0.2) is 29.5 Å². The summed E-state index contributed by atoms with van der Waals surface area (Å²) in [6.45, 7) is 6.43. The van der Waals surface area contributed by atoms with Crippen molar-refractivity contribution in [2.75, 3.05) is 5.32 Å². The number of aromatic amines is 1. The summed E-state index contributed by atoms with van der Waals surface area (Å²) in [6.07, 6.45) is 4.99. The molecule has 2 N–H and O–H groups in total. The molecule has 2 rings (SSSR count). The predicted octanol–water partition coefficient (Wildman–Crippen LogP) is 1.33. The maximum Gasteiger partial charge on any atom is 0.293 e. The zero-order chi connectivity index (χ0) is 13.2. The Bertz CT molecular complexity index is 565. The molecule has 0 spiro atoms. The first-order valence-corrected chi connectivity index (χ1v) is 5.79. The molecule has 6 heteroatoms. The highest BCUT2D eigenvalue weighted by atomic mass is 16.1. The van der Waals surface area contributed by atoms with Gasteiger partial charge < -0.3 is 9.88 Å². The molecule has 6 nitrogen and oxygen atoms in total. The topological polar surface area (TPSA) is 75.6 Å². The fourth-order valence-corrected chi connectivity index (χ4v) is 1.62. The van der Waals surface area contributed by atoms with E-state index in [9.17, 15) is 4.79 Å². The maximum absolute atomic E-state index is 12.2. The fraction of sp³-hybridized carbons (Fsp3) is 0.417. The quantitative estimate of drug-likeness (QED) is 0.858. The summed E-state index contributed by atoms with van der Waals surface area (Å²) in [5.74, 6) is 0.349. The Hall–Kier alpha value is -2.11. The van der Waals surface area contributed by atoms with Crippen LogP contribution < -0.4 is 10.9 Å². The first-order chi connectivity index (χ1) is 8.48. The molecule has 0 unspecified atom stereocenters. The van der Waals surface area contributed by atoms with E-state index in [4.69, 9.17) is 0 Å². The molecule has 2 heterocycles. The number of hydrogen-bond acceptors (Lipinski definition) is 4. The Balaban J connectivity index is 2.22. The van der Waals surface area contributed by atoms with Gasteiger partial charge in [0.2, 0.25) is 0 Å². The average molecular weight is 247 g/mol. The highest BCUT2D eigenvalue weighted by Crippen LogP contribution is 2.10. The van der Waals surface area contributed by atoms with Crippen LogP contribution in [0.25, 0.3) is 0 Å². The number of anilines is 1. The van der Waals surface area contributed by atoms with Crippen molar-refractivity contribution in [3.63, 3.8) is 0 Å². The number of rotatable bonds is 3. The van der Waals surface area contributed by atoms with Gasteiger partial charge in [0.05, 0.1) is 12.2 Å². The molecule has 0 radical (unpaired) electrons. The minimum absolute atomic E-state index is 0.121. The molecule has 18 heavy (non-hydrogen) atoms. The lowest BCUT2D eigenvalue weighted by Crippen LogP contribution is -2.35. The number of aromatic nitrogens is 4. The SMILES string of the molecule is CC(C)(C)n1ccnc(NCc2ccn[nH]2)c1=O. The molecule has 2 aromatic rings. The molecule has 0 atom stereocenters. The zero-order valence-electron chi connectivity index (χ0n) is 10.8. The summed E-state index contributed by atoms with van der Waals surface area (Å²) < 4.78 is 1.66. The number of nitrogens with zero attached hydrogens (tertiary/aromatic N) is 3. The van der Waals surface area contributed by atoms with E-state index in [0.717, 1.165) is 5.69 Å². The van der Waals surface area contributed by atoms with Crippen molar-refractivity contribution >= 4 is 5.82 Å². The molecule has 0 bridgehead atoms. The lowest BCUT2D eigenvalue weighted by molar-refractivity contribution is 0.383. The summed E-state index contributed by atoms with van der Waals surface area (Å²) in [7, 11) is 0. The van der Waals surface area contributed by atoms with Gasteiger partial charge in [-0.15, -0.1) is 0 Å². The van der Waals surface area contributed by atoms with Gasteiger partial charge in [0, 0.05) is 24.1 Å². The van der Waals surface area contributed by atoms with Crippen LogP contribution in [-0.4, -0.2) is 19.7 Å². The molecule has 0 aliphatic rings. The van der Waals surface area contributed by atoms with Gasteiger partial charge in [0.1, 0.15) is 0 Å². The molecular formula is C12H17N5O. The molecule has 0 saturated heterocycles. The van der Waals surface area contributed by atoms with E-state index in [1.54, 1.807) is 23.2 Å². The standard InChI is InChI=1S/C12H17N5O/c1-12(2,3)17-7-6-13-10(11(17)18)14-8-9-4-5-15-16-9/h4-7H,8H2,1-3H3,(H,13,14)(H,15,16). The highest BCUT2D eigenvalue weighted by Gasteiger charge is 2.16. The molecule has 0 amide bonds. The summed E-state index contributed by atoms with van der Waals surface area (Å²) in [6, 6.07) is 1.85. The van der Waals surface area contributed by atoms with Crippen LogP contribution in [0.3, 0.4) is 0 Å². The third kappa shape index (κ3) is 2.58. The summed E-state index contributed by atoms with van der Waals surface area (Å²) in [5, 5.41) is 9.68. The lowest BCUT2D eigenvalue weighted by atomic mass is 10.1. The van der Waals surface area contributed by atoms with Gasteiger partial charge in [-0.25, -0.2) is 4.98 Å². The number of nitrogens with one attached hydrogen (secondary N) is 2. The van der Waals surface area contributed by atoms with Crippen molar-refractivity contribution in [3.05, 3.63) is 40.7 Å². The Morgan fingerprint density at radius 2 is 2.17 bits per heavy atom. The van der Waals surface area contributed by atoms with Crippen LogP contribution in [0.2, 0.25) is 0 Å². The van der Waals surface area contributed by atoms with Crippen LogP contribution in [0.4, 0.5) is 5.82 Å². The van der Waals surface area contributed by atoms with Gasteiger partial charge in [0.15, 0.2) is 5.82 Å². The predicted molar refractivity (Wildman–Crippen MR) is 69.4 cm³/mol. The first kappa shape index (κ1) is 12.3.